The molecule has 39 heavy (non-hydrogen) atoms. The normalized spacial score (nSPS) is 28.9. The van der Waals surface area contributed by atoms with E-state index in [2.05, 4.69) is 9.80 Å². The van der Waals surface area contributed by atoms with Gasteiger partial charge in [-0.05, 0) is 0 Å². The summed E-state index contributed by atoms with van der Waals surface area (Å²) in [4.78, 5) is 4.66. The zero-order chi connectivity index (χ0) is 26.7. The summed E-state index contributed by atoms with van der Waals surface area (Å²) in [5.41, 5.74) is 0. The summed E-state index contributed by atoms with van der Waals surface area (Å²) in [7, 11) is -3.74. The van der Waals surface area contributed by atoms with E-state index in [-0.39, 0.29) is 9.79 Å². The van der Waals surface area contributed by atoms with E-state index in [1.165, 1.54) is 24.3 Å². The molecule has 0 amide bonds. The van der Waals surface area contributed by atoms with Crippen LogP contribution in [0.4, 0.5) is 0 Å². The second kappa shape index (κ2) is 12.7. The molecule has 4 bridgehead atoms. The Morgan fingerprint density at radius 3 is 1.33 bits per heavy atom. The molecule has 6 fully saturated rings. The molecule has 6 aliphatic rings. The average molecular weight is 684 g/mol. The van der Waals surface area contributed by atoms with Gasteiger partial charge in [-0.15, -0.1) is 0 Å². The number of sulfone groups is 1. The first kappa shape index (κ1) is 27.9. The third kappa shape index (κ3) is 7.16. The molecule has 2 aromatic rings. The summed E-state index contributed by atoms with van der Waals surface area (Å²) >= 11 is -5.08. The van der Waals surface area contributed by atoms with Crippen LogP contribution in [0.25, 0.3) is 0 Å². The molecule has 6 saturated heterocycles. The van der Waals surface area contributed by atoms with Gasteiger partial charge in [0.2, 0.25) is 0 Å². The van der Waals surface area contributed by atoms with Gasteiger partial charge in [-0.1, -0.05) is 0 Å². The number of hydrogen-bond donors (Lipinski definition) is 0. The van der Waals surface area contributed by atoms with Crippen LogP contribution >= 0.6 is 0 Å². The molecule has 210 valence electrons. The summed E-state index contributed by atoms with van der Waals surface area (Å²) in [6, 6.07) is 12.7. The predicted octanol–water partition coefficient (Wildman–Crippen LogP) is 0.657. The van der Waals surface area contributed by atoms with Gasteiger partial charge in [-0.3, -0.25) is 0 Å². The quantitative estimate of drug-likeness (QED) is 0.399. The Bertz CT molecular complexity index is 1070. The van der Waals surface area contributed by atoms with Crippen molar-refractivity contribution >= 4 is 40.6 Å². The molecule has 8 rings (SSSR count). The van der Waals surface area contributed by atoms with E-state index in [9.17, 15) is 8.42 Å². The van der Waals surface area contributed by atoms with Crippen molar-refractivity contribution in [2.45, 2.75) is 22.4 Å². The predicted molar refractivity (Wildman–Crippen MR) is 138 cm³/mol. The number of rotatable bonds is 6. The second-order valence-electron chi connectivity index (χ2n) is 9.27. The second-order valence-corrected chi connectivity index (χ2v) is 16.7. The minimum absolute atomic E-state index is 0.163. The van der Waals surface area contributed by atoms with Crippen LogP contribution in [-0.4, -0.2) is 127 Å². The van der Waals surface area contributed by atoms with Crippen molar-refractivity contribution in [1.29, 1.82) is 0 Å². The minimum atomic E-state index is -3.74. The van der Waals surface area contributed by atoms with E-state index < -0.39 is 53.1 Å². The van der Waals surface area contributed by atoms with Gasteiger partial charge in [-0.2, -0.15) is 0 Å². The van der Waals surface area contributed by atoms with Gasteiger partial charge < -0.3 is 0 Å². The molecule has 0 aromatic heterocycles. The fourth-order valence-electron chi connectivity index (χ4n) is 4.51. The van der Waals surface area contributed by atoms with Crippen LogP contribution in [0.1, 0.15) is 0 Å². The Morgan fingerprint density at radius 1 is 0.615 bits per heavy atom. The van der Waals surface area contributed by atoms with E-state index in [1.807, 2.05) is 0 Å². The number of hydrogen-bond acceptors (Lipinski definition) is 12. The topological polar surface area (TPSA) is 114 Å². The Morgan fingerprint density at radius 2 is 0.974 bits per heavy atom. The standard InChI is InChI=1S/C24H30Ge2N2O10S/c29-39(30,21-5-1-19(2-6-21)35-23-17-27-9-13-31-25(37-23)32-14-10-27)22-7-3-20(4-8-22)36-24-18-28-11-15-33-26(38-24)34-16-12-28/h1-8,23-24H,9-18H2. The third-order valence-electron chi connectivity index (χ3n) is 6.58. The van der Waals surface area contributed by atoms with Crippen LogP contribution in [0, 0.1) is 0 Å². The molecule has 6 heterocycles. The summed E-state index contributed by atoms with van der Waals surface area (Å²) in [5.74, 6) is 1.02. The average Bonchev–Trinajstić information content (AvgIpc) is 2.85. The SMILES string of the molecule is O=S(=O)(c1ccc(OC2CN3CC[O][Ge]([O]CC3)[O]2)cc1)c1ccc(OC2CN3CC[O][Ge]([O]CC3)[O]2)cc1. The monoisotopic (exact) mass is 686 g/mol. The summed E-state index contributed by atoms with van der Waals surface area (Å²) in [6.07, 6.45) is -1.06. The first-order chi connectivity index (χ1) is 19.0. The van der Waals surface area contributed by atoms with Crippen molar-refractivity contribution in [3.05, 3.63) is 48.5 Å². The van der Waals surface area contributed by atoms with Crippen LogP contribution < -0.4 is 9.47 Å². The molecule has 2 atom stereocenters. The van der Waals surface area contributed by atoms with E-state index in [0.29, 0.717) is 51.0 Å². The maximum absolute atomic E-state index is 13.3. The molecule has 2 aromatic carbocycles. The fourth-order valence-corrected chi connectivity index (χ4v) is 10.3. The van der Waals surface area contributed by atoms with E-state index in [4.69, 9.17) is 32.1 Å². The van der Waals surface area contributed by atoms with Crippen molar-refractivity contribution in [3.8, 4) is 11.5 Å². The van der Waals surface area contributed by atoms with Crippen molar-refractivity contribution in [3.63, 3.8) is 0 Å². The zero-order valence-corrected chi connectivity index (χ0v) is 26.2. The van der Waals surface area contributed by atoms with Crippen LogP contribution in [0.3, 0.4) is 0 Å². The summed E-state index contributed by atoms with van der Waals surface area (Å²) in [5, 5.41) is 0. The molecule has 0 saturated carbocycles. The van der Waals surface area contributed by atoms with Crippen LogP contribution in [0.2, 0.25) is 0 Å². The van der Waals surface area contributed by atoms with E-state index >= 15 is 0 Å². The zero-order valence-electron chi connectivity index (χ0n) is 21.2. The third-order valence-corrected chi connectivity index (χ3v) is 14.0. The molecular formula is C24H30Ge2N2O10S. The fraction of sp³-hybridized carbons (Fsp3) is 0.500. The Balaban J connectivity index is 1.09. The van der Waals surface area contributed by atoms with Gasteiger partial charge in [0.15, 0.2) is 0 Å². The Kier molecular flexibility index (Phi) is 9.11. The van der Waals surface area contributed by atoms with Gasteiger partial charge in [-0.25, -0.2) is 0 Å². The first-order valence-electron chi connectivity index (χ1n) is 12.8. The molecule has 6 aliphatic heterocycles. The molecule has 0 spiro atoms. The molecule has 2 unspecified atom stereocenters. The van der Waals surface area contributed by atoms with Gasteiger partial charge in [0.25, 0.3) is 0 Å². The van der Waals surface area contributed by atoms with Gasteiger partial charge >= 0.3 is 239 Å². The van der Waals surface area contributed by atoms with E-state index in [1.54, 1.807) is 24.3 Å². The van der Waals surface area contributed by atoms with Gasteiger partial charge in [0.1, 0.15) is 0 Å². The first-order valence-corrected chi connectivity index (χ1v) is 19.5. The molecule has 15 heteroatoms. The number of benzene rings is 2. The molecule has 0 aliphatic carbocycles. The van der Waals surface area contributed by atoms with Crippen molar-refractivity contribution in [2.75, 3.05) is 65.7 Å². The van der Waals surface area contributed by atoms with Crippen molar-refractivity contribution in [2.24, 2.45) is 0 Å². The molecular weight excluding hydrogens is 654 g/mol. The van der Waals surface area contributed by atoms with Crippen LogP contribution in [0.5, 0.6) is 11.5 Å². The summed E-state index contributed by atoms with van der Waals surface area (Å²) in [6.45, 7) is 6.83. The van der Waals surface area contributed by atoms with Gasteiger partial charge in [0, 0.05) is 0 Å². The van der Waals surface area contributed by atoms with Crippen molar-refractivity contribution in [1.82, 2.24) is 9.80 Å². The molecule has 12 nitrogen and oxygen atoms in total. The molecule has 2 radical (unpaired) electrons. The van der Waals surface area contributed by atoms with E-state index in [0.717, 1.165) is 26.2 Å². The van der Waals surface area contributed by atoms with Crippen LogP contribution in [-0.2, 0) is 32.4 Å². The summed E-state index contributed by atoms with van der Waals surface area (Å²) < 4.78 is 73.3. The number of fused-ring (bicyclic) bond motifs is 12. The maximum atomic E-state index is 13.3. The number of nitrogens with zero attached hydrogens (tertiary/aromatic N) is 2. The van der Waals surface area contributed by atoms with Gasteiger partial charge in [0.05, 0.1) is 0 Å². The van der Waals surface area contributed by atoms with Crippen molar-refractivity contribution < 1.29 is 40.5 Å². The Labute approximate surface area is 238 Å². The van der Waals surface area contributed by atoms with Crippen LogP contribution in [0.15, 0.2) is 58.3 Å². The number of ether oxygens (including phenoxy) is 2. The molecule has 0 N–H and O–H groups in total. The Hall–Kier alpha value is -1.24.